The van der Waals surface area contributed by atoms with E-state index < -0.39 is 0 Å². The first-order chi connectivity index (χ1) is 13.2. The topological polar surface area (TPSA) is 42.9 Å². The van der Waals surface area contributed by atoms with Crippen molar-refractivity contribution in [1.82, 2.24) is 15.5 Å². The van der Waals surface area contributed by atoms with Crippen LogP contribution in [0.15, 0.2) is 29.3 Å². The van der Waals surface area contributed by atoms with Crippen molar-refractivity contribution < 1.29 is 0 Å². The van der Waals surface area contributed by atoms with Gasteiger partial charge in [-0.1, -0.05) is 19.1 Å². The summed E-state index contributed by atoms with van der Waals surface area (Å²) in [6.07, 6.45) is 6.48. The molecule has 158 valence electrons. The summed E-state index contributed by atoms with van der Waals surface area (Å²) in [7, 11) is 1.86. The number of hydrogen-bond acceptors (Lipinski definition) is 3. The Morgan fingerprint density at radius 1 is 1.11 bits per heavy atom. The Kier molecular flexibility index (Phi) is 9.85. The van der Waals surface area contributed by atoms with Gasteiger partial charge in [-0.3, -0.25) is 9.89 Å². The van der Waals surface area contributed by atoms with Gasteiger partial charge in [0.1, 0.15) is 0 Å². The number of nitrogens with zero attached hydrogens (tertiary/aromatic N) is 3. The Labute approximate surface area is 188 Å². The Hall–Kier alpha value is -1.02. The number of rotatable bonds is 7. The van der Waals surface area contributed by atoms with Crippen LogP contribution < -0.4 is 15.5 Å². The van der Waals surface area contributed by atoms with Gasteiger partial charge in [-0.15, -0.1) is 24.0 Å². The third-order valence-electron chi connectivity index (χ3n) is 6.05. The van der Waals surface area contributed by atoms with Crippen LogP contribution >= 0.6 is 24.0 Å². The Bertz CT molecular complexity index is 609. The van der Waals surface area contributed by atoms with Crippen molar-refractivity contribution >= 4 is 35.6 Å². The van der Waals surface area contributed by atoms with E-state index >= 15 is 0 Å². The smallest absolute Gasteiger partial charge is 0.191 e. The van der Waals surface area contributed by atoms with Crippen LogP contribution in [0, 0.1) is 0 Å². The van der Waals surface area contributed by atoms with Crippen LogP contribution in [0.25, 0.3) is 0 Å². The summed E-state index contributed by atoms with van der Waals surface area (Å²) in [6.45, 7) is 10.3. The van der Waals surface area contributed by atoms with E-state index in [-0.39, 0.29) is 30.0 Å². The van der Waals surface area contributed by atoms with Crippen molar-refractivity contribution in [2.45, 2.75) is 58.0 Å². The molecule has 1 aromatic carbocycles. The summed E-state index contributed by atoms with van der Waals surface area (Å²) < 4.78 is 0. The van der Waals surface area contributed by atoms with Crippen LogP contribution in [0.3, 0.4) is 0 Å². The quantitative estimate of drug-likeness (QED) is 0.338. The number of hydrogen-bond donors (Lipinski definition) is 2. The molecule has 0 saturated carbocycles. The number of benzene rings is 1. The van der Waals surface area contributed by atoms with Crippen molar-refractivity contribution in [1.29, 1.82) is 0 Å². The minimum Gasteiger partial charge on any atom is -0.372 e. The normalized spacial score (nSPS) is 20.0. The molecule has 0 bridgehead atoms. The van der Waals surface area contributed by atoms with Crippen LogP contribution in [-0.2, 0) is 0 Å². The third-order valence-corrected chi connectivity index (χ3v) is 6.05. The van der Waals surface area contributed by atoms with E-state index in [1.165, 1.54) is 69.5 Å². The zero-order chi connectivity index (χ0) is 19.1. The maximum atomic E-state index is 4.45. The SMILES string of the molecule is CCC(CNC(=NC)NC(C)c1cccc(N2CCCC2)c1)N1CCCC1.I. The first-order valence-electron chi connectivity index (χ1n) is 10.8. The molecule has 0 spiro atoms. The molecule has 2 heterocycles. The Balaban J connectivity index is 0.00000280. The van der Waals surface area contributed by atoms with E-state index in [9.17, 15) is 0 Å². The second-order valence-corrected chi connectivity index (χ2v) is 7.91. The van der Waals surface area contributed by atoms with Crippen molar-refractivity contribution in [3.8, 4) is 0 Å². The predicted octanol–water partition coefficient (Wildman–Crippen LogP) is 4.01. The fraction of sp³-hybridized carbons (Fsp3) is 0.682. The van der Waals surface area contributed by atoms with Gasteiger partial charge in [-0.25, -0.2) is 0 Å². The highest BCUT2D eigenvalue weighted by atomic mass is 127. The molecule has 2 atom stereocenters. The van der Waals surface area contributed by atoms with E-state index in [1.807, 2.05) is 7.05 Å². The molecule has 2 aliphatic rings. The van der Waals surface area contributed by atoms with Gasteiger partial charge in [0, 0.05) is 38.4 Å². The van der Waals surface area contributed by atoms with Crippen molar-refractivity contribution in [3.63, 3.8) is 0 Å². The zero-order valence-electron chi connectivity index (χ0n) is 17.8. The number of likely N-dealkylation sites (tertiary alicyclic amines) is 1. The van der Waals surface area contributed by atoms with Crippen molar-refractivity contribution in [2.24, 2.45) is 4.99 Å². The van der Waals surface area contributed by atoms with Gasteiger partial charge >= 0.3 is 0 Å². The molecule has 2 aliphatic heterocycles. The highest BCUT2D eigenvalue weighted by molar-refractivity contribution is 14.0. The Morgan fingerprint density at radius 2 is 1.79 bits per heavy atom. The average Bonchev–Trinajstić information content (AvgIpc) is 3.41. The van der Waals surface area contributed by atoms with Gasteiger partial charge in [-0.05, 0) is 69.8 Å². The molecule has 5 nitrogen and oxygen atoms in total. The van der Waals surface area contributed by atoms with E-state index in [1.54, 1.807) is 0 Å². The molecule has 2 saturated heterocycles. The maximum absolute atomic E-state index is 4.45. The van der Waals surface area contributed by atoms with Crippen LogP contribution in [0.1, 0.15) is 57.6 Å². The predicted molar refractivity (Wildman–Crippen MR) is 131 cm³/mol. The van der Waals surface area contributed by atoms with Crippen LogP contribution in [0.2, 0.25) is 0 Å². The molecule has 2 unspecified atom stereocenters. The van der Waals surface area contributed by atoms with E-state index in [0.29, 0.717) is 6.04 Å². The second-order valence-electron chi connectivity index (χ2n) is 7.91. The van der Waals surface area contributed by atoms with Crippen molar-refractivity contribution in [3.05, 3.63) is 29.8 Å². The minimum atomic E-state index is 0. The van der Waals surface area contributed by atoms with Gasteiger partial charge in [0.15, 0.2) is 5.96 Å². The van der Waals surface area contributed by atoms with Crippen LogP contribution in [0.5, 0.6) is 0 Å². The summed E-state index contributed by atoms with van der Waals surface area (Å²) in [4.78, 5) is 9.56. The minimum absolute atomic E-state index is 0. The van der Waals surface area contributed by atoms with Gasteiger partial charge < -0.3 is 15.5 Å². The van der Waals surface area contributed by atoms with Crippen LogP contribution in [-0.4, -0.2) is 56.7 Å². The number of nitrogens with one attached hydrogen (secondary N) is 2. The molecule has 0 aromatic heterocycles. The number of anilines is 1. The fourth-order valence-corrected chi connectivity index (χ4v) is 4.30. The van der Waals surface area contributed by atoms with Crippen LogP contribution in [0.4, 0.5) is 5.69 Å². The molecule has 0 aliphatic carbocycles. The maximum Gasteiger partial charge on any atom is 0.191 e. The Morgan fingerprint density at radius 3 is 2.43 bits per heavy atom. The van der Waals surface area contributed by atoms with Gasteiger partial charge in [0.2, 0.25) is 0 Å². The monoisotopic (exact) mass is 499 g/mol. The summed E-state index contributed by atoms with van der Waals surface area (Å²) in [5.74, 6) is 0.895. The van der Waals surface area contributed by atoms with Gasteiger partial charge in [0.25, 0.3) is 0 Å². The van der Waals surface area contributed by atoms with E-state index in [4.69, 9.17) is 0 Å². The largest absolute Gasteiger partial charge is 0.372 e. The summed E-state index contributed by atoms with van der Waals surface area (Å²) >= 11 is 0. The zero-order valence-corrected chi connectivity index (χ0v) is 20.1. The standard InChI is InChI=1S/C22H37N5.HI/c1-4-20(26-12-5-6-13-26)17-24-22(23-3)25-18(2)19-10-9-11-21(16-19)27-14-7-8-15-27;/h9-11,16,18,20H,4-8,12-15,17H2,1-3H3,(H2,23,24,25);1H. The lowest BCUT2D eigenvalue weighted by molar-refractivity contribution is 0.236. The highest BCUT2D eigenvalue weighted by Gasteiger charge is 2.21. The molecular weight excluding hydrogens is 461 g/mol. The molecule has 3 rings (SSSR count). The first-order valence-corrected chi connectivity index (χ1v) is 10.8. The molecule has 28 heavy (non-hydrogen) atoms. The molecule has 0 amide bonds. The molecule has 1 aromatic rings. The van der Waals surface area contributed by atoms with Gasteiger partial charge in [-0.2, -0.15) is 0 Å². The number of guanidine groups is 1. The summed E-state index contributed by atoms with van der Waals surface area (Å²) in [5, 5.41) is 7.13. The highest BCUT2D eigenvalue weighted by Crippen LogP contribution is 2.24. The fourth-order valence-electron chi connectivity index (χ4n) is 4.30. The molecule has 6 heteroatoms. The summed E-state index contributed by atoms with van der Waals surface area (Å²) in [6, 6.07) is 9.78. The van der Waals surface area contributed by atoms with E-state index in [0.717, 1.165) is 12.5 Å². The molecule has 2 fully saturated rings. The lowest BCUT2D eigenvalue weighted by atomic mass is 10.1. The van der Waals surface area contributed by atoms with Gasteiger partial charge in [0.05, 0.1) is 6.04 Å². The molecular formula is C22H38IN5. The lowest BCUT2D eigenvalue weighted by Crippen LogP contribution is -2.46. The first kappa shape index (κ1) is 23.3. The third kappa shape index (κ3) is 6.24. The van der Waals surface area contributed by atoms with Crippen molar-refractivity contribution in [2.75, 3.05) is 44.7 Å². The number of halogens is 1. The molecule has 2 N–H and O–H groups in total. The second kappa shape index (κ2) is 11.9. The summed E-state index contributed by atoms with van der Waals surface area (Å²) in [5.41, 5.74) is 2.66. The average molecular weight is 499 g/mol. The lowest BCUT2D eigenvalue weighted by Gasteiger charge is -2.28. The molecule has 0 radical (unpaired) electrons. The van der Waals surface area contributed by atoms with E-state index in [2.05, 4.69) is 63.5 Å². The number of aliphatic imine (C=N–C) groups is 1.